The summed E-state index contributed by atoms with van der Waals surface area (Å²) in [6, 6.07) is -0.167. The Hall–Kier alpha value is -0.240. The van der Waals surface area contributed by atoms with Gasteiger partial charge in [0.1, 0.15) is 5.25 Å². The van der Waals surface area contributed by atoms with Crippen molar-refractivity contribution in [2.75, 3.05) is 13.2 Å². The Kier molecular flexibility index (Phi) is 4.88. The number of morpholine rings is 1. The van der Waals surface area contributed by atoms with E-state index >= 15 is 0 Å². The highest BCUT2D eigenvalue weighted by Crippen LogP contribution is 2.21. The van der Waals surface area contributed by atoms with Crippen molar-refractivity contribution < 1.29 is 13.2 Å². The molecule has 0 aliphatic carbocycles. The average molecular weight is 280 g/mol. The zero-order valence-electron chi connectivity index (χ0n) is 10.4. The Bertz CT molecular complexity index is 383. The predicted molar refractivity (Wildman–Crippen MR) is 71.4 cm³/mol. The molecule has 7 heteroatoms. The third-order valence-electron chi connectivity index (χ3n) is 2.93. The van der Waals surface area contributed by atoms with Crippen molar-refractivity contribution in [1.82, 2.24) is 4.31 Å². The molecule has 1 fully saturated rings. The SMILES string of the molecule is CCC(C(N)=S)S(=O)(=O)N1CC(C)OCC1C. The van der Waals surface area contributed by atoms with Crippen LogP contribution in [0.2, 0.25) is 0 Å². The third-order valence-corrected chi connectivity index (χ3v) is 5.83. The van der Waals surface area contributed by atoms with Crippen LogP contribution >= 0.6 is 12.2 Å². The third kappa shape index (κ3) is 3.15. The van der Waals surface area contributed by atoms with Crippen LogP contribution in [0.15, 0.2) is 0 Å². The minimum Gasteiger partial charge on any atom is -0.392 e. The smallest absolute Gasteiger partial charge is 0.223 e. The topological polar surface area (TPSA) is 72.6 Å². The highest BCUT2D eigenvalue weighted by atomic mass is 32.2. The maximum absolute atomic E-state index is 12.4. The Labute approximate surface area is 108 Å². The zero-order chi connectivity index (χ0) is 13.2. The molecule has 3 unspecified atom stereocenters. The lowest BCUT2D eigenvalue weighted by Gasteiger charge is -2.37. The fourth-order valence-electron chi connectivity index (χ4n) is 1.95. The Morgan fingerprint density at radius 1 is 1.59 bits per heavy atom. The summed E-state index contributed by atoms with van der Waals surface area (Å²) in [5, 5.41) is -0.773. The van der Waals surface area contributed by atoms with Crippen molar-refractivity contribution in [3.8, 4) is 0 Å². The first-order chi connectivity index (χ1) is 7.80. The lowest BCUT2D eigenvalue weighted by molar-refractivity contribution is -0.0172. The van der Waals surface area contributed by atoms with E-state index in [2.05, 4.69) is 0 Å². The van der Waals surface area contributed by atoms with Crippen LogP contribution in [0.4, 0.5) is 0 Å². The summed E-state index contributed by atoms with van der Waals surface area (Å²) >= 11 is 4.84. The van der Waals surface area contributed by atoms with Crippen LogP contribution < -0.4 is 5.73 Å². The van der Waals surface area contributed by atoms with Crippen LogP contribution in [0.3, 0.4) is 0 Å². The number of nitrogens with zero attached hydrogens (tertiary/aromatic N) is 1. The van der Waals surface area contributed by atoms with Crippen LogP contribution in [-0.4, -0.2) is 48.3 Å². The highest BCUT2D eigenvalue weighted by Gasteiger charge is 2.38. The van der Waals surface area contributed by atoms with Crippen molar-refractivity contribution in [2.45, 2.75) is 44.6 Å². The van der Waals surface area contributed by atoms with E-state index in [4.69, 9.17) is 22.7 Å². The van der Waals surface area contributed by atoms with Crippen LogP contribution in [0.25, 0.3) is 0 Å². The second kappa shape index (κ2) is 5.60. The van der Waals surface area contributed by atoms with Crippen molar-refractivity contribution in [3.63, 3.8) is 0 Å². The standard InChI is InChI=1S/C10H20N2O3S2/c1-4-9(10(11)16)17(13,14)12-5-8(3)15-6-7(12)2/h7-9H,4-6H2,1-3H3,(H2,11,16). The number of ether oxygens (including phenoxy) is 1. The monoisotopic (exact) mass is 280 g/mol. The van der Waals surface area contributed by atoms with Gasteiger partial charge in [-0.3, -0.25) is 0 Å². The van der Waals surface area contributed by atoms with Crippen molar-refractivity contribution in [1.29, 1.82) is 0 Å². The molecule has 1 rings (SSSR count). The number of hydrogen-bond acceptors (Lipinski definition) is 4. The molecule has 0 bridgehead atoms. The lowest BCUT2D eigenvalue weighted by atomic mass is 10.2. The summed E-state index contributed by atoms with van der Waals surface area (Å²) in [7, 11) is -3.47. The molecular formula is C10H20N2O3S2. The summed E-state index contributed by atoms with van der Waals surface area (Å²) in [5.41, 5.74) is 5.51. The van der Waals surface area contributed by atoms with E-state index in [1.807, 2.05) is 13.8 Å². The molecule has 100 valence electrons. The molecule has 0 spiro atoms. The molecule has 0 saturated carbocycles. The molecule has 1 saturated heterocycles. The molecular weight excluding hydrogens is 260 g/mol. The Morgan fingerprint density at radius 3 is 2.65 bits per heavy atom. The van der Waals surface area contributed by atoms with E-state index in [9.17, 15) is 8.42 Å². The minimum absolute atomic E-state index is 0.0406. The molecule has 5 nitrogen and oxygen atoms in total. The first-order valence-corrected chi connectivity index (χ1v) is 7.63. The van der Waals surface area contributed by atoms with Crippen LogP contribution in [0.1, 0.15) is 27.2 Å². The van der Waals surface area contributed by atoms with Gasteiger partial charge in [-0.25, -0.2) is 8.42 Å². The fourth-order valence-corrected chi connectivity index (χ4v) is 4.50. The van der Waals surface area contributed by atoms with Gasteiger partial charge in [-0.15, -0.1) is 0 Å². The van der Waals surface area contributed by atoms with E-state index in [-0.39, 0.29) is 17.1 Å². The van der Waals surface area contributed by atoms with Gasteiger partial charge in [0.25, 0.3) is 0 Å². The van der Waals surface area contributed by atoms with Gasteiger partial charge in [0, 0.05) is 12.6 Å². The predicted octanol–water partition coefficient (Wildman–Crippen LogP) is 0.490. The van der Waals surface area contributed by atoms with Gasteiger partial charge in [0.15, 0.2) is 0 Å². The maximum Gasteiger partial charge on any atom is 0.223 e. The molecule has 1 aliphatic rings. The molecule has 0 amide bonds. The number of thiocarbonyl (C=S) groups is 1. The van der Waals surface area contributed by atoms with Gasteiger partial charge >= 0.3 is 0 Å². The second-order valence-electron chi connectivity index (χ2n) is 4.41. The van der Waals surface area contributed by atoms with Crippen molar-refractivity contribution in [3.05, 3.63) is 0 Å². The molecule has 3 atom stereocenters. The second-order valence-corrected chi connectivity index (χ2v) is 6.95. The molecule has 17 heavy (non-hydrogen) atoms. The lowest BCUT2D eigenvalue weighted by Crippen LogP contribution is -2.54. The number of rotatable bonds is 4. The molecule has 0 aromatic rings. The van der Waals surface area contributed by atoms with Crippen LogP contribution in [0, 0.1) is 0 Å². The maximum atomic E-state index is 12.4. The van der Waals surface area contributed by atoms with E-state index in [1.54, 1.807) is 6.92 Å². The zero-order valence-corrected chi connectivity index (χ0v) is 12.1. The van der Waals surface area contributed by atoms with E-state index in [1.165, 1.54) is 4.31 Å². The largest absolute Gasteiger partial charge is 0.392 e. The van der Waals surface area contributed by atoms with Gasteiger partial charge < -0.3 is 10.5 Å². The fraction of sp³-hybridized carbons (Fsp3) is 0.900. The Balaban J connectivity index is 2.99. The molecule has 0 aromatic heterocycles. The van der Waals surface area contributed by atoms with Gasteiger partial charge in [-0.2, -0.15) is 4.31 Å². The summed E-state index contributed by atoms with van der Waals surface area (Å²) in [4.78, 5) is 0.0406. The molecule has 1 aliphatic heterocycles. The molecule has 2 N–H and O–H groups in total. The minimum atomic E-state index is -3.47. The average Bonchev–Trinajstić information content (AvgIpc) is 2.21. The summed E-state index contributed by atoms with van der Waals surface area (Å²) in [6.07, 6.45) is 0.306. The van der Waals surface area contributed by atoms with Gasteiger partial charge in [-0.05, 0) is 20.3 Å². The number of nitrogens with two attached hydrogens (primary N) is 1. The normalized spacial score (nSPS) is 28.9. The number of hydrogen-bond donors (Lipinski definition) is 1. The van der Waals surface area contributed by atoms with Crippen molar-refractivity contribution in [2.24, 2.45) is 5.73 Å². The van der Waals surface area contributed by atoms with Crippen molar-refractivity contribution >= 4 is 27.2 Å². The summed E-state index contributed by atoms with van der Waals surface area (Å²) in [5.74, 6) is 0. The first-order valence-electron chi connectivity index (χ1n) is 5.72. The van der Waals surface area contributed by atoms with Crippen LogP contribution in [-0.2, 0) is 14.8 Å². The quantitative estimate of drug-likeness (QED) is 0.759. The molecule has 1 heterocycles. The molecule has 0 radical (unpaired) electrons. The summed E-state index contributed by atoms with van der Waals surface area (Å²) in [6.45, 7) is 6.23. The van der Waals surface area contributed by atoms with E-state index < -0.39 is 15.3 Å². The van der Waals surface area contributed by atoms with Gasteiger partial charge in [0.2, 0.25) is 10.0 Å². The van der Waals surface area contributed by atoms with Gasteiger partial charge in [0.05, 0.1) is 17.7 Å². The number of sulfonamides is 1. The summed E-state index contributed by atoms with van der Waals surface area (Å²) < 4.78 is 31.7. The van der Waals surface area contributed by atoms with Crippen LogP contribution in [0.5, 0.6) is 0 Å². The first kappa shape index (κ1) is 14.8. The molecule has 0 aromatic carbocycles. The van der Waals surface area contributed by atoms with E-state index in [0.717, 1.165) is 0 Å². The van der Waals surface area contributed by atoms with Gasteiger partial charge in [-0.1, -0.05) is 19.1 Å². The van der Waals surface area contributed by atoms with E-state index in [0.29, 0.717) is 19.6 Å². The highest BCUT2D eigenvalue weighted by molar-refractivity contribution is 7.92. The Morgan fingerprint density at radius 2 is 2.18 bits per heavy atom.